The summed E-state index contributed by atoms with van der Waals surface area (Å²) in [5.74, 6) is 0.945. The van der Waals surface area contributed by atoms with Crippen molar-refractivity contribution in [2.75, 3.05) is 20.1 Å². The van der Waals surface area contributed by atoms with Gasteiger partial charge in [-0.2, -0.15) is 0 Å². The van der Waals surface area contributed by atoms with E-state index in [4.69, 9.17) is 11.6 Å². The van der Waals surface area contributed by atoms with Gasteiger partial charge < -0.3 is 16.0 Å². The van der Waals surface area contributed by atoms with Crippen molar-refractivity contribution in [1.29, 1.82) is 0 Å². The highest BCUT2D eigenvalue weighted by molar-refractivity contribution is 14.0. The fraction of sp³-hybridized carbons (Fsp3) is 0.579. The van der Waals surface area contributed by atoms with E-state index < -0.39 is 0 Å². The molecule has 2 aliphatic rings. The maximum absolute atomic E-state index is 11.7. The number of aliphatic imine (C=N–C) groups is 1. The Morgan fingerprint density at radius 2 is 2.08 bits per heavy atom. The average molecular weight is 491 g/mol. The van der Waals surface area contributed by atoms with Crippen LogP contribution in [-0.4, -0.2) is 38.0 Å². The van der Waals surface area contributed by atoms with E-state index >= 15 is 0 Å². The Balaban J connectivity index is 0.00000243. The first-order chi connectivity index (χ1) is 12.1. The summed E-state index contributed by atoms with van der Waals surface area (Å²) in [6, 6.07) is 8.57. The van der Waals surface area contributed by atoms with Crippen molar-refractivity contribution in [3.63, 3.8) is 0 Å². The second kappa shape index (κ2) is 9.78. The monoisotopic (exact) mass is 490 g/mol. The third-order valence-corrected chi connectivity index (χ3v) is 5.16. The van der Waals surface area contributed by atoms with E-state index in [9.17, 15) is 4.79 Å². The molecule has 7 heteroatoms. The summed E-state index contributed by atoms with van der Waals surface area (Å²) in [5, 5.41) is 10.5. The Hall–Kier alpha value is -1.02. The number of benzene rings is 1. The highest BCUT2D eigenvalue weighted by Crippen LogP contribution is 2.48. The summed E-state index contributed by atoms with van der Waals surface area (Å²) in [6.45, 7) is 1.58. The predicted molar refractivity (Wildman–Crippen MR) is 118 cm³/mol. The van der Waals surface area contributed by atoms with Gasteiger partial charge in [0.05, 0.1) is 0 Å². The molecule has 0 saturated heterocycles. The maximum atomic E-state index is 11.7. The van der Waals surface area contributed by atoms with Crippen LogP contribution in [0.1, 0.15) is 44.1 Å². The van der Waals surface area contributed by atoms with Gasteiger partial charge in [-0.25, -0.2) is 0 Å². The maximum Gasteiger partial charge on any atom is 0.220 e. The lowest BCUT2D eigenvalue weighted by atomic mass is 9.96. The second-order valence-corrected chi connectivity index (χ2v) is 7.52. The number of rotatable bonds is 8. The molecule has 0 unspecified atom stereocenters. The first-order valence-electron chi connectivity index (χ1n) is 9.11. The lowest BCUT2D eigenvalue weighted by molar-refractivity contribution is -0.121. The molecule has 1 aromatic rings. The number of amides is 1. The number of halogens is 2. The zero-order valence-electron chi connectivity index (χ0n) is 15.2. The lowest BCUT2D eigenvalue weighted by Gasteiger charge is -2.19. The summed E-state index contributed by atoms with van der Waals surface area (Å²) in [7, 11) is 1.77. The van der Waals surface area contributed by atoms with Crippen molar-refractivity contribution in [2.24, 2.45) is 4.99 Å². The molecule has 1 aromatic carbocycles. The number of nitrogens with zero attached hydrogens (tertiary/aromatic N) is 1. The van der Waals surface area contributed by atoms with Gasteiger partial charge in [0.15, 0.2) is 5.96 Å². The van der Waals surface area contributed by atoms with Gasteiger partial charge in [0.25, 0.3) is 0 Å². The molecule has 2 fully saturated rings. The number of guanidine groups is 1. The summed E-state index contributed by atoms with van der Waals surface area (Å²) < 4.78 is 0. The SMILES string of the molecule is CN=C(NCCCC(=O)NC1CC1)NCC1(c2cccc(Cl)c2)CC1.I. The molecule has 0 heterocycles. The molecule has 1 amide bonds. The highest BCUT2D eigenvalue weighted by Gasteiger charge is 2.44. The van der Waals surface area contributed by atoms with Crippen molar-refractivity contribution >= 4 is 47.4 Å². The number of carbonyl (C=O) groups excluding carboxylic acids is 1. The van der Waals surface area contributed by atoms with Gasteiger partial charge in [-0.05, 0) is 49.8 Å². The minimum Gasteiger partial charge on any atom is -0.356 e. The van der Waals surface area contributed by atoms with Gasteiger partial charge in [-0.15, -0.1) is 24.0 Å². The molecule has 144 valence electrons. The van der Waals surface area contributed by atoms with Crippen LogP contribution in [0.2, 0.25) is 5.02 Å². The van der Waals surface area contributed by atoms with E-state index in [1.807, 2.05) is 12.1 Å². The topological polar surface area (TPSA) is 65.5 Å². The molecular weight excluding hydrogens is 463 g/mol. The normalized spacial score (nSPS) is 17.8. The molecule has 3 N–H and O–H groups in total. The van der Waals surface area contributed by atoms with Crippen LogP contribution in [0, 0.1) is 0 Å². The van der Waals surface area contributed by atoms with Crippen LogP contribution in [0.5, 0.6) is 0 Å². The second-order valence-electron chi connectivity index (χ2n) is 7.09. The molecule has 0 aromatic heterocycles. The van der Waals surface area contributed by atoms with E-state index in [1.165, 1.54) is 18.4 Å². The Morgan fingerprint density at radius 3 is 2.69 bits per heavy atom. The zero-order valence-corrected chi connectivity index (χ0v) is 18.3. The fourth-order valence-electron chi connectivity index (χ4n) is 2.99. The van der Waals surface area contributed by atoms with Crippen molar-refractivity contribution in [3.05, 3.63) is 34.9 Å². The molecule has 2 aliphatic carbocycles. The molecule has 26 heavy (non-hydrogen) atoms. The largest absolute Gasteiger partial charge is 0.356 e. The molecule has 0 atom stereocenters. The van der Waals surface area contributed by atoms with Crippen LogP contribution >= 0.6 is 35.6 Å². The van der Waals surface area contributed by atoms with Crippen LogP contribution in [0.4, 0.5) is 0 Å². The van der Waals surface area contributed by atoms with Gasteiger partial charge in [0.2, 0.25) is 5.91 Å². The van der Waals surface area contributed by atoms with E-state index in [0.29, 0.717) is 12.5 Å². The van der Waals surface area contributed by atoms with Crippen LogP contribution in [0.3, 0.4) is 0 Å². The van der Waals surface area contributed by atoms with Gasteiger partial charge in [0, 0.05) is 43.0 Å². The van der Waals surface area contributed by atoms with Crippen LogP contribution in [-0.2, 0) is 10.2 Å². The average Bonchev–Trinajstić information content (AvgIpc) is 3.50. The Bertz CT molecular complexity index is 644. The highest BCUT2D eigenvalue weighted by atomic mass is 127. The van der Waals surface area contributed by atoms with E-state index in [2.05, 4.69) is 33.1 Å². The van der Waals surface area contributed by atoms with E-state index in [1.54, 1.807) is 7.05 Å². The lowest BCUT2D eigenvalue weighted by Crippen LogP contribution is -2.41. The van der Waals surface area contributed by atoms with Crippen molar-refractivity contribution in [1.82, 2.24) is 16.0 Å². The minimum atomic E-state index is 0. The third-order valence-electron chi connectivity index (χ3n) is 4.92. The summed E-state index contributed by atoms with van der Waals surface area (Å²) >= 11 is 6.12. The molecule has 5 nitrogen and oxygen atoms in total. The van der Waals surface area contributed by atoms with Crippen LogP contribution in [0.15, 0.2) is 29.3 Å². The van der Waals surface area contributed by atoms with Crippen molar-refractivity contribution in [3.8, 4) is 0 Å². The predicted octanol–water partition coefficient (Wildman–Crippen LogP) is 3.21. The number of nitrogens with one attached hydrogen (secondary N) is 3. The molecule has 0 radical (unpaired) electrons. The first kappa shape index (κ1) is 21.3. The molecule has 3 rings (SSSR count). The van der Waals surface area contributed by atoms with Crippen molar-refractivity contribution < 1.29 is 4.79 Å². The smallest absolute Gasteiger partial charge is 0.220 e. The van der Waals surface area contributed by atoms with Gasteiger partial charge >= 0.3 is 0 Å². The Morgan fingerprint density at radius 1 is 1.31 bits per heavy atom. The molecule has 0 aliphatic heterocycles. The quantitative estimate of drug-likeness (QED) is 0.227. The summed E-state index contributed by atoms with van der Waals surface area (Å²) in [4.78, 5) is 15.9. The third kappa shape index (κ3) is 6.30. The zero-order chi connectivity index (χ0) is 17.7. The Labute approximate surface area is 177 Å². The van der Waals surface area contributed by atoms with Gasteiger partial charge in [-0.3, -0.25) is 9.79 Å². The van der Waals surface area contributed by atoms with Gasteiger partial charge in [-0.1, -0.05) is 23.7 Å². The molecule has 2 saturated carbocycles. The van der Waals surface area contributed by atoms with Crippen molar-refractivity contribution in [2.45, 2.75) is 50.0 Å². The summed E-state index contributed by atoms with van der Waals surface area (Å²) in [5.41, 5.74) is 1.46. The first-order valence-corrected chi connectivity index (χ1v) is 9.49. The number of hydrogen-bond acceptors (Lipinski definition) is 2. The molecule has 0 spiro atoms. The Kier molecular flexibility index (Phi) is 8.01. The number of hydrogen-bond donors (Lipinski definition) is 3. The molecule has 0 bridgehead atoms. The summed E-state index contributed by atoms with van der Waals surface area (Å²) in [6.07, 6.45) is 5.97. The van der Waals surface area contributed by atoms with E-state index in [-0.39, 0.29) is 35.3 Å². The number of carbonyl (C=O) groups is 1. The minimum absolute atomic E-state index is 0. The van der Waals surface area contributed by atoms with Crippen LogP contribution in [0.25, 0.3) is 0 Å². The van der Waals surface area contributed by atoms with Gasteiger partial charge in [0.1, 0.15) is 0 Å². The molecular formula is C19H28ClIN4O. The van der Waals surface area contributed by atoms with Crippen LogP contribution < -0.4 is 16.0 Å². The van der Waals surface area contributed by atoms with E-state index in [0.717, 1.165) is 43.3 Å². The standard InChI is InChI=1S/C19H27ClN4O.HI/c1-21-18(22-11-3-6-17(25)24-16-7-8-16)23-13-19(9-10-19)14-4-2-5-15(20)12-14;/h2,4-5,12,16H,3,6-11,13H2,1H3,(H,24,25)(H2,21,22,23);1H. The fourth-order valence-corrected chi connectivity index (χ4v) is 3.18.